The van der Waals surface area contributed by atoms with Gasteiger partial charge in [-0.15, -0.1) is 0 Å². The van der Waals surface area contributed by atoms with Gasteiger partial charge >= 0.3 is 0 Å². The van der Waals surface area contributed by atoms with E-state index in [-0.39, 0.29) is 6.10 Å². The molecule has 0 amide bonds. The molecule has 0 spiro atoms. The zero-order valence-corrected chi connectivity index (χ0v) is 16.7. The van der Waals surface area contributed by atoms with Crippen molar-refractivity contribution < 1.29 is 15.2 Å². The van der Waals surface area contributed by atoms with Crippen molar-refractivity contribution in [2.75, 3.05) is 13.2 Å². The maximum Gasteiger partial charge on any atom is 0.126 e. The number of aliphatic hydroxyl groups is 1. The van der Waals surface area contributed by atoms with E-state index in [1.807, 2.05) is 36.4 Å². The Morgan fingerprint density at radius 3 is 1.93 bits per heavy atom. The van der Waals surface area contributed by atoms with Gasteiger partial charge in [0.25, 0.3) is 0 Å². The number of nitrogens with two attached hydrogens (primary N) is 1. The Hall–Kier alpha value is -2.46. The third-order valence-electron chi connectivity index (χ3n) is 5.02. The molecule has 0 heterocycles. The van der Waals surface area contributed by atoms with Crippen LogP contribution < -0.4 is 5.32 Å². The summed E-state index contributed by atoms with van der Waals surface area (Å²) in [5, 5.41) is 12.6. The van der Waals surface area contributed by atoms with Crippen molar-refractivity contribution in [3.05, 3.63) is 107 Å². The monoisotopic (exact) mass is 376 g/mol. The van der Waals surface area contributed by atoms with Crippen LogP contribution in [-0.2, 0) is 4.74 Å². The molecule has 3 aromatic carbocycles. The number of rotatable bonds is 9. The highest BCUT2D eigenvalue weighted by atomic mass is 16.5. The van der Waals surface area contributed by atoms with Crippen molar-refractivity contribution >= 4 is 0 Å². The van der Waals surface area contributed by atoms with Crippen molar-refractivity contribution in [2.45, 2.75) is 32.1 Å². The quantitative estimate of drug-likeness (QED) is 0.597. The molecule has 28 heavy (non-hydrogen) atoms. The molecule has 3 rings (SSSR count). The van der Waals surface area contributed by atoms with Crippen molar-refractivity contribution in [1.82, 2.24) is 0 Å². The number of hydrogen-bond donors (Lipinski definition) is 2. The van der Waals surface area contributed by atoms with Gasteiger partial charge in [-0.05, 0) is 25.0 Å². The lowest BCUT2D eigenvalue weighted by atomic mass is 10.0. The van der Waals surface area contributed by atoms with Crippen LogP contribution in [0.4, 0.5) is 0 Å². The Balaban J connectivity index is 1.59. The smallest absolute Gasteiger partial charge is 0.126 e. The van der Waals surface area contributed by atoms with Gasteiger partial charge in [-0.2, -0.15) is 0 Å². The summed E-state index contributed by atoms with van der Waals surface area (Å²) in [4.78, 5) is 0. The van der Waals surface area contributed by atoms with Crippen LogP contribution in [-0.4, -0.2) is 24.4 Å². The maximum absolute atomic E-state index is 10.5. The molecule has 0 aromatic heterocycles. The molecule has 0 radical (unpaired) electrons. The van der Waals surface area contributed by atoms with Gasteiger partial charge in [-0.25, -0.2) is 0 Å². The van der Waals surface area contributed by atoms with Crippen molar-refractivity contribution in [1.29, 1.82) is 0 Å². The summed E-state index contributed by atoms with van der Waals surface area (Å²) in [6, 6.07) is 29.2. The average molecular weight is 377 g/mol. The fourth-order valence-corrected chi connectivity index (χ4v) is 3.28. The predicted molar refractivity (Wildman–Crippen MR) is 113 cm³/mol. The normalized spacial score (nSPS) is 14.4. The molecule has 0 fully saturated rings. The number of quaternary nitrogens is 1. The molecule has 3 nitrogen and oxygen atoms in total. The van der Waals surface area contributed by atoms with E-state index in [4.69, 9.17) is 4.74 Å². The van der Waals surface area contributed by atoms with E-state index >= 15 is 0 Å². The Kier molecular flexibility index (Phi) is 7.38. The maximum atomic E-state index is 10.5. The number of ether oxygens (including phenoxy) is 1. The fourth-order valence-electron chi connectivity index (χ4n) is 3.28. The molecule has 3 aromatic rings. The first-order valence-electron chi connectivity index (χ1n) is 9.93. The molecular formula is C25H30NO2+. The minimum Gasteiger partial charge on any atom is -0.385 e. The first-order chi connectivity index (χ1) is 13.6. The highest BCUT2D eigenvalue weighted by Gasteiger charge is 2.18. The first-order valence-corrected chi connectivity index (χ1v) is 9.93. The first kappa shape index (κ1) is 20.3. The molecule has 3 N–H and O–H groups in total. The van der Waals surface area contributed by atoms with Crippen molar-refractivity contribution in [3.63, 3.8) is 0 Å². The van der Waals surface area contributed by atoms with E-state index in [0.717, 1.165) is 11.1 Å². The van der Waals surface area contributed by atoms with Crippen LogP contribution in [0.5, 0.6) is 0 Å². The number of aryl methyl sites for hydroxylation is 1. The summed E-state index contributed by atoms with van der Waals surface area (Å²) in [6.07, 6.45) is -0.703. The molecule has 3 heteroatoms. The summed E-state index contributed by atoms with van der Waals surface area (Å²) >= 11 is 0. The number of hydrogen-bond acceptors (Lipinski definition) is 2. The lowest BCUT2D eigenvalue weighted by Crippen LogP contribution is -2.87. The van der Waals surface area contributed by atoms with E-state index in [9.17, 15) is 5.11 Å². The van der Waals surface area contributed by atoms with Gasteiger partial charge in [0.15, 0.2) is 0 Å². The second-order valence-electron chi connectivity index (χ2n) is 7.36. The van der Waals surface area contributed by atoms with E-state index < -0.39 is 6.10 Å². The molecule has 0 unspecified atom stereocenters. The zero-order valence-electron chi connectivity index (χ0n) is 16.7. The van der Waals surface area contributed by atoms with Crippen LogP contribution >= 0.6 is 0 Å². The van der Waals surface area contributed by atoms with E-state index in [0.29, 0.717) is 19.2 Å². The van der Waals surface area contributed by atoms with E-state index in [1.165, 1.54) is 11.1 Å². The van der Waals surface area contributed by atoms with Gasteiger partial charge in [0, 0.05) is 5.56 Å². The Morgan fingerprint density at radius 1 is 0.786 bits per heavy atom. The van der Waals surface area contributed by atoms with Gasteiger partial charge in [0.2, 0.25) is 0 Å². The van der Waals surface area contributed by atoms with Crippen LogP contribution in [0.25, 0.3) is 0 Å². The molecule has 146 valence electrons. The minimum absolute atomic E-state index is 0.178. The SMILES string of the molecule is Cc1ccc([C@@H](OC[C@H](O)C[NH2+][C@@H](C)c2ccccc2)c2ccccc2)cc1. The van der Waals surface area contributed by atoms with Crippen LogP contribution in [0.2, 0.25) is 0 Å². The molecule has 0 aliphatic carbocycles. The van der Waals surface area contributed by atoms with E-state index in [1.54, 1.807) is 0 Å². The summed E-state index contributed by atoms with van der Waals surface area (Å²) in [7, 11) is 0. The summed E-state index contributed by atoms with van der Waals surface area (Å²) in [5.74, 6) is 0. The fraction of sp³-hybridized carbons (Fsp3) is 0.280. The standard InChI is InChI=1S/C25H29NO2/c1-19-13-15-23(16-14-19)25(22-11-7-4-8-12-22)28-18-24(27)17-26-20(2)21-9-5-3-6-10-21/h3-16,20,24-27H,17-18H2,1-2H3/p+1/t20-,24+,25-/m0/s1. The molecular weight excluding hydrogens is 346 g/mol. The largest absolute Gasteiger partial charge is 0.385 e. The minimum atomic E-state index is -0.525. The molecule has 0 bridgehead atoms. The second-order valence-corrected chi connectivity index (χ2v) is 7.36. The predicted octanol–water partition coefficient (Wildman–Crippen LogP) is 3.79. The summed E-state index contributed by atoms with van der Waals surface area (Å²) in [6.45, 7) is 5.13. The van der Waals surface area contributed by atoms with Gasteiger partial charge in [-0.3, -0.25) is 0 Å². The molecule has 0 saturated heterocycles. The lowest BCUT2D eigenvalue weighted by Gasteiger charge is -2.21. The van der Waals surface area contributed by atoms with Gasteiger partial charge in [0.1, 0.15) is 24.8 Å². The van der Waals surface area contributed by atoms with Crippen LogP contribution in [0, 0.1) is 6.92 Å². The highest BCUT2D eigenvalue weighted by Crippen LogP contribution is 2.26. The van der Waals surface area contributed by atoms with Crippen LogP contribution in [0.15, 0.2) is 84.9 Å². The Bertz CT molecular complexity index is 818. The van der Waals surface area contributed by atoms with Crippen molar-refractivity contribution in [2.24, 2.45) is 0 Å². The lowest BCUT2D eigenvalue weighted by molar-refractivity contribution is -0.698. The Labute approximate surface area is 168 Å². The van der Waals surface area contributed by atoms with Crippen LogP contribution in [0.3, 0.4) is 0 Å². The van der Waals surface area contributed by atoms with Gasteiger partial charge < -0.3 is 15.2 Å². The van der Waals surface area contributed by atoms with Gasteiger partial charge in [0.05, 0.1) is 6.61 Å². The molecule has 0 aliphatic heterocycles. The Morgan fingerprint density at radius 2 is 1.32 bits per heavy atom. The second kappa shape index (κ2) is 10.2. The van der Waals surface area contributed by atoms with E-state index in [2.05, 4.69) is 67.7 Å². The molecule has 0 saturated carbocycles. The summed E-state index contributed by atoms with van der Waals surface area (Å²) < 4.78 is 6.18. The topological polar surface area (TPSA) is 46.1 Å². The molecule has 0 aliphatic rings. The highest BCUT2D eigenvalue weighted by molar-refractivity contribution is 5.31. The number of benzene rings is 3. The summed E-state index contributed by atoms with van der Waals surface area (Å²) in [5.41, 5.74) is 4.68. The van der Waals surface area contributed by atoms with Crippen LogP contribution in [0.1, 0.15) is 41.3 Å². The van der Waals surface area contributed by atoms with Crippen molar-refractivity contribution in [3.8, 4) is 0 Å². The van der Waals surface area contributed by atoms with Gasteiger partial charge in [-0.1, -0.05) is 90.5 Å². The molecule has 3 atom stereocenters. The zero-order chi connectivity index (χ0) is 19.8. The number of aliphatic hydroxyl groups excluding tert-OH is 1. The average Bonchev–Trinajstić information content (AvgIpc) is 2.75. The third-order valence-corrected chi connectivity index (χ3v) is 5.02. The third kappa shape index (κ3) is 5.77.